The van der Waals surface area contributed by atoms with E-state index in [-0.39, 0.29) is 10.5 Å². The number of benzene rings is 5. The Morgan fingerprint density at radius 3 is 1.44 bits per heavy atom. The second-order valence-electron chi connectivity index (χ2n) is 9.48. The molecule has 5 rings (SSSR count). The number of carbonyl (C=O) groups is 2. The van der Waals surface area contributed by atoms with E-state index < -0.39 is 19.1 Å². The number of anilines is 1. The molecule has 4 nitrogen and oxygen atoms in total. The molecule has 5 aromatic carbocycles. The fourth-order valence-electron chi connectivity index (χ4n) is 4.72. The van der Waals surface area contributed by atoms with E-state index in [1.54, 1.807) is 24.3 Å². The molecular weight excluding hydrogens is 547 g/mol. The van der Waals surface area contributed by atoms with Crippen LogP contribution in [-0.4, -0.2) is 11.8 Å². The van der Waals surface area contributed by atoms with Crippen molar-refractivity contribution in [1.29, 1.82) is 0 Å². The quantitative estimate of drug-likeness (QED) is 0.159. The minimum absolute atomic E-state index is 0.00554. The van der Waals surface area contributed by atoms with Crippen LogP contribution in [0.1, 0.15) is 15.9 Å². The zero-order valence-corrected chi connectivity index (χ0v) is 24.1. The van der Waals surface area contributed by atoms with E-state index in [0.717, 1.165) is 21.5 Å². The first-order chi connectivity index (χ1) is 20.0. The molecule has 0 heterocycles. The number of carbonyl (C=O) groups excluding carboxylic acids is 2. The third kappa shape index (κ3) is 6.00. The van der Waals surface area contributed by atoms with Gasteiger partial charge in [-0.05, 0) is 79.2 Å². The third-order valence-electron chi connectivity index (χ3n) is 6.74. The molecule has 41 heavy (non-hydrogen) atoms. The van der Waals surface area contributed by atoms with E-state index in [9.17, 15) is 9.59 Å². The number of amides is 2. The molecule has 202 valence electrons. The van der Waals surface area contributed by atoms with Crippen molar-refractivity contribution >= 4 is 52.3 Å². The molecule has 0 aliphatic heterocycles. The van der Waals surface area contributed by atoms with Gasteiger partial charge in [-0.2, -0.15) is 0 Å². The van der Waals surface area contributed by atoms with Crippen molar-refractivity contribution in [3.8, 4) is 0 Å². The van der Waals surface area contributed by atoms with E-state index >= 15 is 0 Å². The number of para-hydroxylation sites is 1. The van der Waals surface area contributed by atoms with Crippen LogP contribution in [0.25, 0.3) is 0 Å². The van der Waals surface area contributed by atoms with Crippen molar-refractivity contribution < 1.29 is 9.59 Å². The number of hydrogen-bond donors (Lipinski definition) is 2. The minimum atomic E-state index is -2.85. The van der Waals surface area contributed by atoms with Crippen LogP contribution in [0.4, 0.5) is 5.69 Å². The summed E-state index contributed by atoms with van der Waals surface area (Å²) in [5.41, 5.74) is 2.05. The highest BCUT2D eigenvalue weighted by Crippen LogP contribution is 2.64. The molecule has 0 unspecified atom stereocenters. The van der Waals surface area contributed by atoms with Gasteiger partial charge in [-0.3, -0.25) is 9.59 Å². The van der Waals surface area contributed by atoms with Gasteiger partial charge in [-0.1, -0.05) is 90.5 Å². The van der Waals surface area contributed by atoms with Gasteiger partial charge in [-0.25, -0.2) is 0 Å². The fourth-order valence-corrected chi connectivity index (χ4v) is 9.65. The molecular formula is C35H29ClN2O2P+. The Bertz CT molecular complexity index is 1560. The van der Waals surface area contributed by atoms with Crippen molar-refractivity contribution in [2.24, 2.45) is 0 Å². The summed E-state index contributed by atoms with van der Waals surface area (Å²) in [5.74, 6) is -0.928. The summed E-state index contributed by atoms with van der Waals surface area (Å²) in [7, 11) is -2.85. The fraction of sp³-hybridized carbons (Fsp3) is 0.0286. The lowest BCUT2D eigenvalue weighted by atomic mass is 10.1. The molecule has 0 aromatic heterocycles. The highest BCUT2D eigenvalue weighted by molar-refractivity contribution is 8.00. The summed E-state index contributed by atoms with van der Waals surface area (Å²) in [4.78, 5) is 27.7. The molecule has 0 spiro atoms. The zero-order chi connectivity index (χ0) is 28.7. The maximum atomic E-state index is 14.1. The molecule has 0 fully saturated rings. The molecule has 0 atom stereocenters. The maximum Gasteiger partial charge on any atom is 0.277 e. The van der Waals surface area contributed by atoms with Gasteiger partial charge in [-0.15, -0.1) is 0 Å². The average molecular weight is 576 g/mol. The highest BCUT2D eigenvalue weighted by atomic mass is 35.5. The predicted octanol–water partition coefficient (Wildman–Crippen LogP) is 6.77. The van der Waals surface area contributed by atoms with Crippen LogP contribution in [0.2, 0.25) is 0 Å². The number of halogens is 1. The Morgan fingerprint density at radius 1 is 0.585 bits per heavy atom. The van der Waals surface area contributed by atoms with Gasteiger partial charge in [0.25, 0.3) is 11.8 Å². The lowest BCUT2D eigenvalue weighted by Crippen LogP contribution is -2.37. The number of hydrogen-bond acceptors (Lipinski definition) is 2. The Labute approximate surface area is 246 Å². The number of aryl methyl sites for hydroxylation is 1. The smallest absolute Gasteiger partial charge is 0.277 e. The Morgan fingerprint density at radius 2 is 1.00 bits per heavy atom. The Kier molecular flexibility index (Phi) is 8.74. The lowest BCUT2D eigenvalue weighted by Gasteiger charge is -2.28. The van der Waals surface area contributed by atoms with Crippen molar-refractivity contribution in [3.63, 3.8) is 0 Å². The second-order valence-corrected chi connectivity index (χ2v) is 13.5. The van der Waals surface area contributed by atoms with E-state index in [1.165, 1.54) is 0 Å². The summed E-state index contributed by atoms with van der Waals surface area (Å²) in [6.45, 7) is 1.95. The lowest BCUT2D eigenvalue weighted by molar-refractivity contribution is -0.113. The monoisotopic (exact) mass is 575 g/mol. The van der Waals surface area contributed by atoms with Gasteiger partial charge in [0.05, 0.1) is 0 Å². The summed E-state index contributed by atoms with van der Waals surface area (Å²) >= 11 is 7.54. The van der Waals surface area contributed by atoms with E-state index in [1.807, 2.05) is 128 Å². The van der Waals surface area contributed by atoms with E-state index in [2.05, 4.69) is 10.6 Å². The molecule has 0 aliphatic rings. The maximum absolute atomic E-state index is 14.1. The van der Waals surface area contributed by atoms with Crippen molar-refractivity contribution in [1.82, 2.24) is 5.32 Å². The zero-order valence-electron chi connectivity index (χ0n) is 22.5. The first-order valence-corrected chi connectivity index (χ1v) is 15.4. The minimum Gasteiger partial charge on any atom is -0.321 e. The third-order valence-corrected chi connectivity index (χ3v) is 11.7. The normalized spacial score (nSPS) is 11.8. The van der Waals surface area contributed by atoms with Gasteiger partial charge in [0.2, 0.25) is 4.77 Å². The van der Waals surface area contributed by atoms with Gasteiger partial charge in [0, 0.05) is 11.3 Å². The first kappa shape index (κ1) is 28.0. The molecule has 5 aromatic rings. The van der Waals surface area contributed by atoms with Crippen LogP contribution in [-0.2, 0) is 4.79 Å². The summed E-state index contributed by atoms with van der Waals surface area (Å²) in [5, 5.41) is 8.72. The van der Waals surface area contributed by atoms with Crippen molar-refractivity contribution in [2.75, 3.05) is 5.32 Å². The van der Waals surface area contributed by atoms with Crippen molar-refractivity contribution in [2.45, 2.75) is 6.92 Å². The van der Waals surface area contributed by atoms with Crippen LogP contribution in [0.3, 0.4) is 0 Å². The molecule has 0 aliphatic carbocycles. The highest BCUT2D eigenvalue weighted by Gasteiger charge is 2.52. The topological polar surface area (TPSA) is 58.2 Å². The van der Waals surface area contributed by atoms with Gasteiger partial charge >= 0.3 is 0 Å². The second kappa shape index (κ2) is 12.8. The van der Waals surface area contributed by atoms with E-state index in [4.69, 9.17) is 11.6 Å². The van der Waals surface area contributed by atoms with Gasteiger partial charge < -0.3 is 10.6 Å². The average Bonchev–Trinajstić information content (AvgIpc) is 3.02. The SMILES string of the molecule is Cc1ccc(C(=O)NC(C(=O)Nc2ccccc2)=C(Cl)[P+](c2ccccc2)(c2ccccc2)c2ccccc2)cc1. The van der Waals surface area contributed by atoms with Crippen LogP contribution in [0, 0.1) is 6.92 Å². The molecule has 0 saturated carbocycles. The molecule has 0 saturated heterocycles. The molecule has 0 radical (unpaired) electrons. The van der Waals surface area contributed by atoms with Crippen LogP contribution in [0.5, 0.6) is 0 Å². The Hall–Kier alpha value is -4.50. The summed E-state index contributed by atoms with van der Waals surface area (Å²) < 4.78 is 0.273. The Balaban J connectivity index is 1.78. The summed E-state index contributed by atoms with van der Waals surface area (Å²) in [6.07, 6.45) is 0. The van der Waals surface area contributed by atoms with Crippen LogP contribution < -0.4 is 26.5 Å². The van der Waals surface area contributed by atoms with E-state index in [0.29, 0.717) is 11.3 Å². The molecule has 2 N–H and O–H groups in total. The predicted molar refractivity (Wildman–Crippen MR) is 172 cm³/mol. The summed E-state index contributed by atoms with van der Waals surface area (Å²) in [6, 6.07) is 46.2. The molecule has 0 bridgehead atoms. The number of nitrogens with one attached hydrogen (secondary N) is 2. The molecule has 2 amide bonds. The first-order valence-electron chi connectivity index (χ1n) is 13.2. The van der Waals surface area contributed by atoms with Gasteiger partial charge in [0.1, 0.15) is 15.9 Å². The van der Waals surface area contributed by atoms with Crippen LogP contribution >= 0.6 is 18.9 Å². The molecule has 6 heteroatoms. The standard InChI is InChI=1S/C35H28ClN2O2P/c1-26-22-24-27(25-23-26)34(39)38-32(35(40)37-28-14-6-2-7-15-28)33(36)41(29-16-8-3-9-17-29,30-18-10-4-11-19-30)31-20-12-5-13-21-31/h2-25H,1H3,(H-,37,38,39,40)/p+1. The van der Waals surface area contributed by atoms with Crippen LogP contribution in [0.15, 0.2) is 156 Å². The largest absolute Gasteiger partial charge is 0.321 e. The number of rotatable bonds is 8. The van der Waals surface area contributed by atoms with Crippen molar-refractivity contribution in [3.05, 3.63) is 167 Å². The van der Waals surface area contributed by atoms with Gasteiger partial charge in [0.15, 0.2) is 13.0 Å².